The van der Waals surface area contributed by atoms with Gasteiger partial charge in [0.2, 0.25) is 0 Å². The van der Waals surface area contributed by atoms with E-state index in [0.717, 1.165) is 25.9 Å². The van der Waals surface area contributed by atoms with Gasteiger partial charge in [-0.3, -0.25) is 0 Å². The van der Waals surface area contributed by atoms with Crippen molar-refractivity contribution in [2.75, 3.05) is 13.1 Å². The molecule has 2 atom stereocenters. The van der Waals surface area contributed by atoms with Crippen LogP contribution in [0.1, 0.15) is 19.8 Å². The predicted octanol–water partition coefficient (Wildman–Crippen LogP) is 1.77. The third-order valence-corrected chi connectivity index (χ3v) is 2.86. The van der Waals surface area contributed by atoms with Crippen LogP contribution in [0, 0.1) is 11.8 Å². The van der Waals surface area contributed by atoms with E-state index in [4.69, 9.17) is 0 Å². The lowest BCUT2D eigenvalue weighted by Crippen LogP contribution is -2.19. The molecule has 0 aromatic carbocycles. The first-order valence-electron chi connectivity index (χ1n) is 4.07. The SMILES string of the molecule is CC1(F)CC2CNCC2C1.Cl. The Morgan fingerprint density at radius 1 is 1.27 bits per heavy atom. The first-order chi connectivity index (χ1) is 4.67. The van der Waals surface area contributed by atoms with Crippen molar-refractivity contribution in [1.29, 1.82) is 0 Å². The first-order valence-corrected chi connectivity index (χ1v) is 4.07. The van der Waals surface area contributed by atoms with Crippen molar-refractivity contribution in [3.8, 4) is 0 Å². The molecule has 0 aromatic rings. The van der Waals surface area contributed by atoms with E-state index in [1.165, 1.54) is 0 Å². The van der Waals surface area contributed by atoms with Crippen LogP contribution < -0.4 is 5.32 Å². The molecule has 0 aromatic heterocycles. The lowest BCUT2D eigenvalue weighted by atomic mass is 10.0. The van der Waals surface area contributed by atoms with Crippen molar-refractivity contribution in [1.82, 2.24) is 5.32 Å². The topological polar surface area (TPSA) is 12.0 Å². The quantitative estimate of drug-likeness (QED) is 0.598. The van der Waals surface area contributed by atoms with Crippen LogP contribution in [0.15, 0.2) is 0 Å². The van der Waals surface area contributed by atoms with E-state index in [9.17, 15) is 4.39 Å². The number of halogens is 2. The Labute approximate surface area is 73.2 Å². The number of fused-ring (bicyclic) bond motifs is 1. The van der Waals surface area contributed by atoms with Crippen LogP contribution in [-0.2, 0) is 0 Å². The van der Waals surface area contributed by atoms with Crippen LogP contribution in [0.5, 0.6) is 0 Å². The van der Waals surface area contributed by atoms with Gasteiger partial charge in [0.15, 0.2) is 0 Å². The summed E-state index contributed by atoms with van der Waals surface area (Å²) < 4.78 is 13.3. The van der Waals surface area contributed by atoms with E-state index in [2.05, 4.69) is 5.32 Å². The fraction of sp³-hybridized carbons (Fsp3) is 1.00. The molecule has 1 saturated heterocycles. The monoisotopic (exact) mass is 179 g/mol. The lowest BCUT2D eigenvalue weighted by Gasteiger charge is -2.12. The average molecular weight is 180 g/mol. The van der Waals surface area contributed by atoms with Gasteiger partial charge in [0, 0.05) is 0 Å². The van der Waals surface area contributed by atoms with Gasteiger partial charge in [-0.15, -0.1) is 12.4 Å². The molecule has 2 aliphatic rings. The number of hydrogen-bond acceptors (Lipinski definition) is 1. The van der Waals surface area contributed by atoms with Crippen LogP contribution in [-0.4, -0.2) is 18.8 Å². The minimum atomic E-state index is -0.850. The van der Waals surface area contributed by atoms with Crippen molar-refractivity contribution in [3.05, 3.63) is 0 Å². The second-order valence-corrected chi connectivity index (χ2v) is 4.00. The van der Waals surface area contributed by atoms with E-state index < -0.39 is 5.67 Å². The molecule has 1 heterocycles. The highest BCUT2D eigenvalue weighted by molar-refractivity contribution is 5.85. The molecule has 2 rings (SSSR count). The van der Waals surface area contributed by atoms with E-state index in [1.807, 2.05) is 0 Å². The maximum atomic E-state index is 13.3. The molecule has 11 heavy (non-hydrogen) atoms. The van der Waals surface area contributed by atoms with Gasteiger partial charge >= 0.3 is 0 Å². The Hall–Kier alpha value is 0.180. The highest BCUT2D eigenvalue weighted by Crippen LogP contribution is 2.43. The van der Waals surface area contributed by atoms with Gasteiger partial charge in [0.05, 0.1) is 0 Å². The molecular weight excluding hydrogens is 165 g/mol. The van der Waals surface area contributed by atoms with Crippen molar-refractivity contribution in [3.63, 3.8) is 0 Å². The largest absolute Gasteiger partial charge is 0.316 e. The van der Waals surface area contributed by atoms with Crippen LogP contribution in [0.4, 0.5) is 4.39 Å². The van der Waals surface area contributed by atoms with Gasteiger partial charge in [0.25, 0.3) is 0 Å². The standard InChI is InChI=1S/C8H14FN.ClH/c1-8(9)2-6-4-10-5-7(6)3-8;/h6-7,10H,2-5H2,1H3;1H. The van der Waals surface area contributed by atoms with Crippen molar-refractivity contribution < 1.29 is 4.39 Å². The minimum Gasteiger partial charge on any atom is -0.316 e. The van der Waals surface area contributed by atoms with Gasteiger partial charge in [-0.2, -0.15) is 0 Å². The molecule has 0 spiro atoms. The molecule has 0 radical (unpaired) electrons. The molecule has 2 fully saturated rings. The first kappa shape index (κ1) is 9.27. The number of nitrogens with one attached hydrogen (secondary N) is 1. The van der Waals surface area contributed by atoms with E-state index in [-0.39, 0.29) is 12.4 Å². The Bertz CT molecular complexity index is 135. The maximum absolute atomic E-state index is 13.3. The van der Waals surface area contributed by atoms with Crippen molar-refractivity contribution in [2.45, 2.75) is 25.4 Å². The zero-order valence-corrected chi connectivity index (χ0v) is 7.59. The fourth-order valence-corrected chi connectivity index (χ4v) is 2.44. The number of hydrogen-bond donors (Lipinski definition) is 1. The molecule has 66 valence electrons. The predicted molar refractivity (Wildman–Crippen MR) is 45.8 cm³/mol. The summed E-state index contributed by atoms with van der Waals surface area (Å²) in [5, 5.41) is 3.30. The molecule has 1 saturated carbocycles. The van der Waals surface area contributed by atoms with Gasteiger partial charge in [0.1, 0.15) is 5.67 Å². The summed E-state index contributed by atoms with van der Waals surface area (Å²) in [6, 6.07) is 0. The smallest absolute Gasteiger partial charge is 0.109 e. The summed E-state index contributed by atoms with van der Waals surface area (Å²) in [6.07, 6.45) is 1.56. The highest BCUT2D eigenvalue weighted by Gasteiger charge is 2.44. The summed E-state index contributed by atoms with van der Waals surface area (Å²) in [5.74, 6) is 1.27. The summed E-state index contributed by atoms with van der Waals surface area (Å²) in [5.41, 5.74) is -0.850. The normalized spacial score (nSPS) is 48.5. The molecule has 2 unspecified atom stereocenters. The van der Waals surface area contributed by atoms with Crippen molar-refractivity contribution in [2.24, 2.45) is 11.8 Å². The zero-order chi connectivity index (χ0) is 7.19. The molecule has 1 aliphatic carbocycles. The summed E-state index contributed by atoms with van der Waals surface area (Å²) in [6.45, 7) is 3.83. The van der Waals surface area contributed by atoms with Crippen LogP contribution in [0.25, 0.3) is 0 Å². The molecule has 1 nitrogen and oxygen atoms in total. The Morgan fingerprint density at radius 3 is 2.18 bits per heavy atom. The third-order valence-electron chi connectivity index (χ3n) is 2.86. The Balaban J connectivity index is 0.000000605. The summed E-state index contributed by atoms with van der Waals surface area (Å²) in [7, 11) is 0. The Morgan fingerprint density at radius 2 is 1.73 bits per heavy atom. The lowest BCUT2D eigenvalue weighted by molar-refractivity contribution is 0.186. The number of rotatable bonds is 0. The van der Waals surface area contributed by atoms with Gasteiger partial charge in [-0.25, -0.2) is 4.39 Å². The van der Waals surface area contributed by atoms with E-state index in [0.29, 0.717) is 11.8 Å². The highest BCUT2D eigenvalue weighted by atomic mass is 35.5. The zero-order valence-electron chi connectivity index (χ0n) is 6.77. The molecule has 1 aliphatic heterocycles. The molecule has 3 heteroatoms. The van der Waals surface area contributed by atoms with Gasteiger partial charge in [-0.05, 0) is 44.7 Å². The number of alkyl halides is 1. The van der Waals surface area contributed by atoms with E-state index >= 15 is 0 Å². The van der Waals surface area contributed by atoms with Crippen LogP contribution in [0.2, 0.25) is 0 Å². The minimum absolute atomic E-state index is 0. The van der Waals surface area contributed by atoms with Crippen molar-refractivity contribution >= 4 is 12.4 Å². The van der Waals surface area contributed by atoms with Gasteiger partial charge in [-0.1, -0.05) is 0 Å². The summed E-state index contributed by atoms with van der Waals surface area (Å²) >= 11 is 0. The summed E-state index contributed by atoms with van der Waals surface area (Å²) in [4.78, 5) is 0. The second kappa shape index (κ2) is 2.91. The second-order valence-electron chi connectivity index (χ2n) is 4.00. The van der Waals surface area contributed by atoms with E-state index in [1.54, 1.807) is 6.92 Å². The fourth-order valence-electron chi connectivity index (χ4n) is 2.44. The molecular formula is C8H15ClFN. The maximum Gasteiger partial charge on any atom is 0.109 e. The van der Waals surface area contributed by atoms with Gasteiger partial charge < -0.3 is 5.32 Å². The third kappa shape index (κ3) is 1.67. The van der Waals surface area contributed by atoms with Crippen LogP contribution >= 0.6 is 12.4 Å². The Kier molecular flexibility index (Phi) is 2.45. The average Bonchev–Trinajstić information content (AvgIpc) is 2.20. The molecule has 0 amide bonds. The van der Waals surface area contributed by atoms with Crippen LogP contribution in [0.3, 0.4) is 0 Å². The molecule has 0 bridgehead atoms. The molecule has 1 N–H and O–H groups in total.